The number of aliphatic hydroxyl groups excluding tert-OH is 2. The summed E-state index contributed by atoms with van der Waals surface area (Å²) in [5, 5.41) is 20.7. The predicted octanol–water partition coefficient (Wildman–Crippen LogP) is -4.42. The lowest BCUT2D eigenvalue weighted by atomic mass is 9.95. The van der Waals surface area contributed by atoms with E-state index in [-0.39, 0.29) is 25.6 Å². The molecule has 0 amide bonds. The molecule has 130 valence electrons. The van der Waals surface area contributed by atoms with Crippen molar-refractivity contribution in [2.75, 3.05) is 52.7 Å². The van der Waals surface area contributed by atoms with Crippen molar-refractivity contribution in [2.45, 2.75) is 26.2 Å². The normalized spacial score (nSPS) is 16.8. The number of hydrogen-bond acceptors (Lipinski definition) is 5. The molecule has 0 saturated heterocycles. The van der Waals surface area contributed by atoms with Gasteiger partial charge in [-0.05, 0) is 19.8 Å². The molecule has 1 aliphatic rings. The van der Waals surface area contributed by atoms with E-state index in [2.05, 4.69) is 17.2 Å². The van der Waals surface area contributed by atoms with Crippen molar-refractivity contribution < 1.29 is 37.1 Å². The van der Waals surface area contributed by atoms with Gasteiger partial charge in [-0.15, -0.1) is 0 Å². The molecule has 0 atom stereocenters. The molecule has 0 heterocycles. The Morgan fingerprint density at radius 3 is 2.41 bits per heavy atom. The summed E-state index contributed by atoms with van der Waals surface area (Å²) in [6, 6.07) is 0. The molecular weight excluding hydrogens is 308 g/mol. The number of aliphatic hydroxyl groups is 2. The van der Waals surface area contributed by atoms with Crippen LogP contribution in [0.4, 0.5) is 0 Å². The van der Waals surface area contributed by atoms with Crippen molar-refractivity contribution in [1.82, 2.24) is 5.32 Å². The molecule has 0 aliphatic heterocycles. The third-order valence-electron chi connectivity index (χ3n) is 3.40. The van der Waals surface area contributed by atoms with E-state index in [9.17, 15) is 0 Å². The minimum Gasteiger partial charge on any atom is -1.00 e. The number of nitrogens with one attached hydrogen (secondary N) is 2. The summed E-state index contributed by atoms with van der Waals surface area (Å²) in [5.41, 5.74) is 3.82. The summed E-state index contributed by atoms with van der Waals surface area (Å²) in [6.07, 6.45) is 3.27. The molecule has 0 fully saturated rings. The molecule has 0 radical (unpaired) electrons. The Hall–Kier alpha value is -0.660. The van der Waals surface area contributed by atoms with Crippen molar-refractivity contribution in [1.29, 1.82) is 0 Å². The zero-order valence-corrected chi connectivity index (χ0v) is 14.1. The van der Waals surface area contributed by atoms with E-state index in [1.54, 1.807) is 0 Å². The molecule has 1 rings (SSSR count). The molecule has 7 heteroatoms. The maximum atomic E-state index is 8.64. The Balaban J connectivity index is 0.00000441. The van der Waals surface area contributed by atoms with Gasteiger partial charge in [0.15, 0.2) is 12.3 Å². The van der Waals surface area contributed by atoms with Crippen LogP contribution in [0.1, 0.15) is 26.2 Å². The molecule has 0 aromatic heterocycles. The summed E-state index contributed by atoms with van der Waals surface area (Å²) in [7, 11) is 0. The average molecular weight is 337 g/mol. The Bertz CT molecular complexity index is 348. The number of halogens is 1. The van der Waals surface area contributed by atoms with E-state index in [4.69, 9.17) is 19.7 Å². The SMILES string of the molecule is CC1=C(NCCOCCO)CCCC1=[NH+]CCOCCO.[Cl-]. The van der Waals surface area contributed by atoms with Crippen LogP contribution in [0.3, 0.4) is 0 Å². The van der Waals surface area contributed by atoms with Gasteiger partial charge < -0.3 is 37.4 Å². The second-order valence-electron chi connectivity index (χ2n) is 4.96. The van der Waals surface area contributed by atoms with Gasteiger partial charge in [0.05, 0.1) is 33.0 Å². The highest BCUT2D eigenvalue weighted by molar-refractivity contribution is 5.96. The standard InChI is InChI=1S/C15H28N2O4.ClH/c1-13-14(16-5-9-20-11-7-18)3-2-4-15(13)17-6-10-21-12-8-19;/h16,18-19H,2-12H2,1H3;1H. The first kappa shape index (κ1) is 21.3. The van der Waals surface area contributed by atoms with Gasteiger partial charge in [-0.2, -0.15) is 0 Å². The van der Waals surface area contributed by atoms with Crippen LogP contribution in [-0.4, -0.2) is 68.7 Å². The molecule has 1 aliphatic carbocycles. The number of hydrogen-bond donors (Lipinski definition) is 4. The van der Waals surface area contributed by atoms with E-state index in [1.165, 1.54) is 17.0 Å². The maximum absolute atomic E-state index is 8.64. The maximum Gasteiger partial charge on any atom is 0.179 e. The topological polar surface area (TPSA) is 84.9 Å². The van der Waals surface area contributed by atoms with Crippen molar-refractivity contribution in [3.05, 3.63) is 11.3 Å². The summed E-state index contributed by atoms with van der Waals surface area (Å²) < 4.78 is 10.5. The number of rotatable bonds is 11. The van der Waals surface area contributed by atoms with E-state index in [0.29, 0.717) is 26.4 Å². The molecule has 22 heavy (non-hydrogen) atoms. The van der Waals surface area contributed by atoms with Gasteiger partial charge in [0.1, 0.15) is 6.61 Å². The van der Waals surface area contributed by atoms with Gasteiger partial charge >= 0.3 is 0 Å². The molecule has 0 unspecified atom stereocenters. The highest BCUT2D eigenvalue weighted by Gasteiger charge is 2.19. The Kier molecular flexibility index (Phi) is 13.5. The fourth-order valence-electron chi connectivity index (χ4n) is 2.32. The molecule has 0 aromatic rings. The van der Waals surface area contributed by atoms with Gasteiger partial charge in [-0.1, -0.05) is 0 Å². The second kappa shape index (κ2) is 14.0. The van der Waals surface area contributed by atoms with Crippen LogP contribution in [0, 0.1) is 0 Å². The Morgan fingerprint density at radius 2 is 1.73 bits per heavy atom. The molecule has 0 spiro atoms. The first-order chi connectivity index (χ1) is 10.3. The van der Waals surface area contributed by atoms with E-state index in [1.807, 2.05) is 0 Å². The largest absolute Gasteiger partial charge is 1.00 e. The van der Waals surface area contributed by atoms with Crippen LogP contribution >= 0.6 is 0 Å². The first-order valence-electron chi connectivity index (χ1n) is 7.70. The van der Waals surface area contributed by atoms with Crippen molar-refractivity contribution in [3.63, 3.8) is 0 Å². The lowest BCUT2D eigenvalue weighted by molar-refractivity contribution is -0.462. The lowest BCUT2D eigenvalue weighted by Crippen LogP contribution is -3.00. The Morgan fingerprint density at radius 1 is 1.05 bits per heavy atom. The number of ether oxygens (including phenoxy) is 2. The van der Waals surface area contributed by atoms with Crippen LogP contribution in [0.2, 0.25) is 0 Å². The minimum atomic E-state index is 0. The smallest absolute Gasteiger partial charge is 0.179 e. The highest BCUT2D eigenvalue weighted by atomic mass is 35.5. The molecule has 0 bridgehead atoms. The molecule has 0 saturated carbocycles. The fraction of sp³-hybridized carbons (Fsp3) is 0.800. The van der Waals surface area contributed by atoms with Gasteiger partial charge in [0.25, 0.3) is 0 Å². The second-order valence-corrected chi connectivity index (χ2v) is 4.96. The molecule has 4 N–H and O–H groups in total. The van der Waals surface area contributed by atoms with Crippen LogP contribution in [0.5, 0.6) is 0 Å². The lowest BCUT2D eigenvalue weighted by Gasteiger charge is -2.18. The average Bonchev–Trinajstić information content (AvgIpc) is 2.50. The molecule has 6 nitrogen and oxygen atoms in total. The van der Waals surface area contributed by atoms with Gasteiger partial charge in [-0.25, -0.2) is 4.99 Å². The first-order valence-corrected chi connectivity index (χ1v) is 7.70. The van der Waals surface area contributed by atoms with Crippen LogP contribution in [0.25, 0.3) is 0 Å². The Labute approximate surface area is 139 Å². The monoisotopic (exact) mass is 336 g/mol. The summed E-state index contributed by atoms with van der Waals surface area (Å²) >= 11 is 0. The summed E-state index contributed by atoms with van der Waals surface area (Å²) in [6.45, 7) is 5.80. The van der Waals surface area contributed by atoms with Gasteiger partial charge in [0, 0.05) is 24.2 Å². The number of allylic oxidation sites excluding steroid dienone is 2. The van der Waals surface area contributed by atoms with Gasteiger partial charge in [-0.3, -0.25) is 0 Å². The third kappa shape index (κ3) is 8.70. The fourth-order valence-corrected chi connectivity index (χ4v) is 2.32. The van der Waals surface area contributed by atoms with Crippen molar-refractivity contribution in [2.24, 2.45) is 0 Å². The quantitative estimate of drug-likeness (QED) is 0.286. The van der Waals surface area contributed by atoms with E-state index >= 15 is 0 Å². The summed E-state index contributed by atoms with van der Waals surface area (Å²) in [5.74, 6) is 0. The minimum absolute atomic E-state index is 0. The highest BCUT2D eigenvalue weighted by Crippen LogP contribution is 2.18. The third-order valence-corrected chi connectivity index (χ3v) is 3.40. The zero-order chi connectivity index (χ0) is 15.3. The molecule has 0 aromatic carbocycles. The van der Waals surface area contributed by atoms with E-state index < -0.39 is 0 Å². The van der Waals surface area contributed by atoms with Crippen molar-refractivity contribution >= 4 is 5.71 Å². The molecular formula is C15H29ClN2O4. The van der Waals surface area contributed by atoms with Crippen LogP contribution < -0.4 is 22.7 Å². The van der Waals surface area contributed by atoms with Crippen molar-refractivity contribution in [3.8, 4) is 0 Å². The predicted molar refractivity (Wildman–Crippen MR) is 81.2 cm³/mol. The van der Waals surface area contributed by atoms with Crippen LogP contribution in [0.15, 0.2) is 11.3 Å². The van der Waals surface area contributed by atoms with Crippen LogP contribution in [-0.2, 0) is 9.47 Å². The zero-order valence-electron chi connectivity index (χ0n) is 13.4. The van der Waals surface area contributed by atoms with E-state index in [0.717, 1.165) is 32.4 Å². The van der Waals surface area contributed by atoms with Gasteiger partial charge in [0.2, 0.25) is 0 Å². The summed E-state index contributed by atoms with van der Waals surface area (Å²) in [4.78, 5) is 3.42.